The Morgan fingerprint density at radius 1 is 1.29 bits per heavy atom. The van der Waals surface area contributed by atoms with Gasteiger partial charge in [0.05, 0.1) is 17.0 Å². The van der Waals surface area contributed by atoms with Gasteiger partial charge in [0.1, 0.15) is 5.82 Å². The fourth-order valence-corrected chi connectivity index (χ4v) is 3.42. The Morgan fingerprint density at radius 2 is 2.08 bits per heavy atom. The highest BCUT2D eigenvalue weighted by Gasteiger charge is 2.26. The minimum atomic E-state index is -0.602. The molecule has 0 saturated carbocycles. The highest BCUT2D eigenvalue weighted by Crippen LogP contribution is 2.25. The summed E-state index contributed by atoms with van der Waals surface area (Å²) in [6.07, 6.45) is 3.58. The lowest BCUT2D eigenvalue weighted by Gasteiger charge is -1.99. The van der Waals surface area contributed by atoms with Crippen molar-refractivity contribution >= 4 is 34.2 Å². The first kappa shape index (κ1) is 14.8. The Bertz CT molecular complexity index is 1050. The number of benzene rings is 1. The van der Waals surface area contributed by atoms with E-state index < -0.39 is 11.8 Å². The molecule has 4 rings (SSSR count). The Morgan fingerprint density at radius 3 is 2.88 bits per heavy atom. The number of cyclic esters (lactones) is 1. The van der Waals surface area contributed by atoms with Crippen LogP contribution in [-0.2, 0) is 9.53 Å². The van der Waals surface area contributed by atoms with E-state index in [4.69, 9.17) is 4.74 Å². The number of esters is 1. The fourth-order valence-electron chi connectivity index (χ4n) is 2.54. The van der Waals surface area contributed by atoms with Gasteiger partial charge in [0, 0.05) is 11.1 Å². The van der Waals surface area contributed by atoms with E-state index in [9.17, 15) is 9.18 Å². The predicted molar refractivity (Wildman–Crippen MR) is 89.5 cm³/mol. The maximum Gasteiger partial charge on any atom is 0.363 e. The van der Waals surface area contributed by atoms with Crippen molar-refractivity contribution in [3.05, 3.63) is 63.8 Å². The average Bonchev–Trinajstić information content (AvgIpc) is 3.15. The molecule has 0 aliphatic carbocycles. The summed E-state index contributed by atoms with van der Waals surface area (Å²) < 4.78 is 20.9. The monoisotopic (exact) mass is 341 g/mol. The van der Waals surface area contributed by atoms with Crippen LogP contribution in [0.1, 0.15) is 21.8 Å². The summed E-state index contributed by atoms with van der Waals surface area (Å²) in [5.74, 6) is -1.11. The molecule has 0 bridgehead atoms. The Labute approximate surface area is 140 Å². The number of thiazole rings is 1. The summed E-state index contributed by atoms with van der Waals surface area (Å²) in [6.45, 7) is 3.85. The molecule has 0 radical (unpaired) electrons. The van der Waals surface area contributed by atoms with Gasteiger partial charge < -0.3 is 4.74 Å². The van der Waals surface area contributed by atoms with Crippen molar-refractivity contribution in [2.75, 3.05) is 0 Å². The van der Waals surface area contributed by atoms with Gasteiger partial charge in [-0.25, -0.2) is 19.2 Å². The number of aromatic nitrogens is 2. The zero-order chi connectivity index (χ0) is 16.8. The van der Waals surface area contributed by atoms with Crippen LogP contribution in [0, 0.1) is 19.7 Å². The molecule has 2 aromatic heterocycles. The molecular weight excluding hydrogens is 329 g/mol. The van der Waals surface area contributed by atoms with Gasteiger partial charge >= 0.3 is 5.97 Å². The third-order valence-corrected chi connectivity index (χ3v) is 4.56. The van der Waals surface area contributed by atoms with Gasteiger partial charge in [-0.05, 0) is 32.1 Å². The molecule has 24 heavy (non-hydrogen) atoms. The maximum atomic E-state index is 13.8. The number of carbonyl (C=O) groups is 1. The molecule has 3 aromatic rings. The van der Waals surface area contributed by atoms with Gasteiger partial charge in [-0.1, -0.05) is 12.1 Å². The zero-order valence-electron chi connectivity index (χ0n) is 12.9. The number of aliphatic imine (C=N–C) groups is 1. The van der Waals surface area contributed by atoms with E-state index in [2.05, 4.69) is 9.98 Å². The van der Waals surface area contributed by atoms with E-state index in [1.54, 1.807) is 29.5 Å². The Kier molecular flexibility index (Phi) is 3.31. The number of hydrogen-bond acceptors (Lipinski definition) is 5. The second kappa shape index (κ2) is 5.38. The SMILES string of the molecule is Cc1cn2c(C=C3N=C(c4ccccc4F)OC3=O)c(C)nc2s1. The van der Waals surface area contributed by atoms with Gasteiger partial charge in [0.25, 0.3) is 0 Å². The average molecular weight is 341 g/mol. The molecule has 0 atom stereocenters. The molecule has 0 fully saturated rings. The summed E-state index contributed by atoms with van der Waals surface area (Å²) in [5, 5.41) is 0. The van der Waals surface area contributed by atoms with Crippen LogP contribution in [0.25, 0.3) is 11.0 Å². The van der Waals surface area contributed by atoms with Crippen LogP contribution in [0.3, 0.4) is 0 Å². The molecule has 120 valence electrons. The van der Waals surface area contributed by atoms with Crippen molar-refractivity contribution in [3.63, 3.8) is 0 Å². The van der Waals surface area contributed by atoms with Crippen LogP contribution < -0.4 is 0 Å². The van der Waals surface area contributed by atoms with E-state index in [1.807, 2.05) is 24.4 Å². The molecule has 1 aromatic carbocycles. The van der Waals surface area contributed by atoms with E-state index in [-0.39, 0.29) is 17.2 Å². The number of rotatable bonds is 2. The molecule has 0 N–H and O–H groups in total. The van der Waals surface area contributed by atoms with Crippen molar-refractivity contribution in [1.82, 2.24) is 9.38 Å². The lowest BCUT2D eigenvalue weighted by Crippen LogP contribution is -2.07. The van der Waals surface area contributed by atoms with Gasteiger partial charge in [-0.15, -0.1) is 11.3 Å². The van der Waals surface area contributed by atoms with Crippen LogP contribution in [0.15, 0.2) is 41.2 Å². The van der Waals surface area contributed by atoms with Gasteiger partial charge in [-0.3, -0.25) is 4.40 Å². The molecule has 0 spiro atoms. The molecule has 1 aliphatic rings. The van der Waals surface area contributed by atoms with Crippen LogP contribution >= 0.6 is 11.3 Å². The van der Waals surface area contributed by atoms with E-state index >= 15 is 0 Å². The summed E-state index contributed by atoms with van der Waals surface area (Å²) in [7, 11) is 0. The number of ether oxygens (including phenoxy) is 1. The van der Waals surface area contributed by atoms with Crippen LogP contribution in [0.4, 0.5) is 4.39 Å². The first-order valence-corrected chi connectivity index (χ1v) is 8.07. The Hall–Kier alpha value is -2.80. The molecule has 5 nitrogen and oxygen atoms in total. The summed E-state index contributed by atoms with van der Waals surface area (Å²) in [4.78, 5) is 22.7. The van der Waals surface area contributed by atoms with Crippen molar-refractivity contribution in [1.29, 1.82) is 0 Å². The van der Waals surface area contributed by atoms with Crippen LogP contribution in [-0.4, -0.2) is 21.3 Å². The molecule has 1 aliphatic heterocycles. The largest absolute Gasteiger partial charge is 0.402 e. The van der Waals surface area contributed by atoms with Crippen LogP contribution in [0.2, 0.25) is 0 Å². The first-order chi connectivity index (χ1) is 11.5. The predicted octanol–water partition coefficient (Wildman–Crippen LogP) is 3.50. The molecule has 0 saturated heterocycles. The number of aryl methyl sites for hydroxylation is 2. The maximum absolute atomic E-state index is 13.8. The zero-order valence-corrected chi connectivity index (χ0v) is 13.7. The Balaban J connectivity index is 1.80. The molecule has 0 amide bonds. The first-order valence-electron chi connectivity index (χ1n) is 7.25. The summed E-state index contributed by atoms with van der Waals surface area (Å²) in [6, 6.07) is 6.05. The van der Waals surface area contributed by atoms with E-state index in [0.29, 0.717) is 0 Å². The van der Waals surface area contributed by atoms with E-state index in [1.165, 1.54) is 12.1 Å². The standard InChI is InChI=1S/C17H12FN3O2S/c1-9-8-21-14(10(2)19-17(21)24-9)7-13-16(22)23-15(20-13)11-5-3-4-6-12(11)18/h3-8H,1-2H3. The molecule has 3 heterocycles. The number of imidazole rings is 1. The highest BCUT2D eigenvalue weighted by atomic mass is 32.1. The second-order valence-corrected chi connectivity index (χ2v) is 6.61. The third kappa shape index (κ3) is 2.33. The smallest absolute Gasteiger partial charge is 0.363 e. The third-order valence-electron chi connectivity index (χ3n) is 3.66. The van der Waals surface area contributed by atoms with Crippen molar-refractivity contribution in [2.45, 2.75) is 13.8 Å². The quantitative estimate of drug-likeness (QED) is 0.529. The summed E-state index contributed by atoms with van der Waals surface area (Å²) in [5.41, 5.74) is 1.84. The topological polar surface area (TPSA) is 56.0 Å². The van der Waals surface area contributed by atoms with Gasteiger partial charge in [0.15, 0.2) is 10.7 Å². The minimum absolute atomic E-state index is 0.0238. The normalized spacial score (nSPS) is 16.0. The number of halogens is 1. The van der Waals surface area contributed by atoms with E-state index in [0.717, 1.165) is 21.2 Å². The van der Waals surface area contributed by atoms with Crippen molar-refractivity contribution < 1.29 is 13.9 Å². The molecular formula is C17H12FN3O2S. The fraction of sp³-hybridized carbons (Fsp3) is 0.118. The number of hydrogen-bond donors (Lipinski definition) is 0. The van der Waals surface area contributed by atoms with Crippen LogP contribution in [0.5, 0.6) is 0 Å². The lowest BCUT2D eigenvalue weighted by atomic mass is 10.2. The number of carbonyl (C=O) groups excluding carboxylic acids is 1. The second-order valence-electron chi connectivity index (χ2n) is 5.39. The number of nitrogens with zero attached hydrogens (tertiary/aromatic N) is 3. The molecule has 0 unspecified atom stereocenters. The van der Waals surface area contributed by atoms with Gasteiger partial charge in [-0.2, -0.15) is 0 Å². The lowest BCUT2D eigenvalue weighted by molar-refractivity contribution is -0.129. The van der Waals surface area contributed by atoms with Crippen molar-refractivity contribution in [2.24, 2.45) is 4.99 Å². The van der Waals surface area contributed by atoms with Gasteiger partial charge in [0.2, 0.25) is 5.90 Å². The van der Waals surface area contributed by atoms with Crippen molar-refractivity contribution in [3.8, 4) is 0 Å². The number of fused-ring (bicyclic) bond motifs is 1. The molecule has 7 heteroatoms. The summed E-state index contributed by atoms with van der Waals surface area (Å²) >= 11 is 1.57. The minimum Gasteiger partial charge on any atom is -0.402 e. The highest BCUT2D eigenvalue weighted by molar-refractivity contribution is 7.17.